The highest BCUT2D eigenvalue weighted by Crippen LogP contribution is 2.19. The minimum atomic E-state index is 0.0863. The average molecular weight is 394 g/mol. The molecule has 2 aliphatic rings. The summed E-state index contributed by atoms with van der Waals surface area (Å²) in [5, 5.41) is 3.09. The number of carbonyl (C=O) groups excluding carboxylic acids is 1. The van der Waals surface area contributed by atoms with E-state index in [0.717, 1.165) is 52.2 Å². The van der Waals surface area contributed by atoms with E-state index in [0.29, 0.717) is 13.0 Å². The second kappa shape index (κ2) is 9.90. The van der Waals surface area contributed by atoms with E-state index in [9.17, 15) is 4.79 Å². The number of nitrogens with zero attached hydrogens (tertiary/aromatic N) is 2. The van der Waals surface area contributed by atoms with Crippen LogP contribution in [0.2, 0.25) is 0 Å². The summed E-state index contributed by atoms with van der Waals surface area (Å²) in [7, 11) is 0. The number of benzene rings is 2. The predicted molar refractivity (Wildman–Crippen MR) is 116 cm³/mol. The van der Waals surface area contributed by atoms with E-state index in [4.69, 9.17) is 4.74 Å². The van der Waals surface area contributed by atoms with Crippen molar-refractivity contribution in [3.63, 3.8) is 0 Å². The topological polar surface area (TPSA) is 44.8 Å². The van der Waals surface area contributed by atoms with Gasteiger partial charge >= 0.3 is 0 Å². The van der Waals surface area contributed by atoms with Crippen LogP contribution in [-0.2, 0) is 22.6 Å². The smallest absolute Gasteiger partial charge is 0.222 e. The maximum atomic E-state index is 12.2. The quantitative estimate of drug-likeness (QED) is 0.785. The van der Waals surface area contributed by atoms with E-state index in [1.54, 1.807) is 0 Å². The molecule has 5 nitrogen and oxygen atoms in total. The summed E-state index contributed by atoms with van der Waals surface area (Å²) < 4.78 is 5.57. The maximum Gasteiger partial charge on any atom is 0.222 e. The highest BCUT2D eigenvalue weighted by Gasteiger charge is 2.20. The molecule has 2 aliphatic heterocycles. The summed E-state index contributed by atoms with van der Waals surface area (Å²) in [6.07, 6.45) is 2.65. The third kappa shape index (κ3) is 5.58. The Bertz CT molecular complexity index is 782. The maximum absolute atomic E-state index is 12.2. The van der Waals surface area contributed by atoms with Gasteiger partial charge in [0.2, 0.25) is 5.91 Å². The number of piperazine rings is 1. The monoisotopic (exact) mass is 393 g/mol. The lowest BCUT2D eigenvalue weighted by atomic mass is 10.1. The zero-order valence-corrected chi connectivity index (χ0v) is 17.1. The van der Waals surface area contributed by atoms with Gasteiger partial charge in [-0.2, -0.15) is 0 Å². The lowest BCUT2D eigenvalue weighted by molar-refractivity contribution is -0.123. The SMILES string of the molecule is O=C(CC1CCCO1)NCc1ccccc1CN1CCN(c2ccccc2)CC1. The number of para-hydroxylation sites is 1. The van der Waals surface area contributed by atoms with Gasteiger partial charge in [-0.05, 0) is 36.1 Å². The minimum Gasteiger partial charge on any atom is -0.378 e. The van der Waals surface area contributed by atoms with Gasteiger partial charge in [0.15, 0.2) is 0 Å². The molecule has 5 heteroatoms. The van der Waals surface area contributed by atoms with Gasteiger partial charge in [-0.25, -0.2) is 0 Å². The Labute approximate surface area is 173 Å². The zero-order chi connectivity index (χ0) is 19.9. The first-order chi connectivity index (χ1) is 14.3. The average Bonchev–Trinajstić information content (AvgIpc) is 3.27. The standard InChI is InChI=1S/C24H31N3O2/c28-24(17-23-11-6-16-29-23)25-18-20-7-4-5-8-21(20)19-26-12-14-27(15-13-26)22-9-2-1-3-10-22/h1-5,7-10,23H,6,11-19H2,(H,25,28). The minimum absolute atomic E-state index is 0.0863. The Kier molecular flexibility index (Phi) is 6.80. The zero-order valence-electron chi connectivity index (χ0n) is 17.1. The van der Waals surface area contributed by atoms with Crippen LogP contribution in [0.1, 0.15) is 30.4 Å². The van der Waals surface area contributed by atoms with Crippen molar-refractivity contribution in [3.8, 4) is 0 Å². The third-order valence-corrected chi connectivity index (χ3v) is 5.92. The summed E-state index contributed by atoms with van der Waals surface area (Å²) in [6.45, 7) is 6.50. The molecule has 29 heavy (non-hydrogen) atoms. The van der Waals surface area contributed by atoms with Crippen molar-refractivity contribution in [1.82, 2.24) is 10.2 Å². The normalized spacial score (nSPS) is 20.0. The first-order valence-electron chi connectivity index (χ1n) is 10.8. The van der Waals surface area contributed by atoms with Crippen LogP contribution in [0, 0.1) is 0 Å². The number of ether oxygens (including phenoxy) is 1. The number of carbonyl (C=O) groups is 1. The van der Waals surface area contributed by atoms with Gasteiger partial charge in [-0.3, -0.25) is 9.69 Å². The molecule has 2 aromatic carbocycles. The third-order valence-electron chi connectivity index (χ3n) is 5.92. The second-order valence-electron chi connectivity index (χ2n) is 7.98. The van der Waals surface area contributed by atoms with Crippen molar-refractivity contribution in [2.24, 2.45) is 0 Å². The summed E-state index contributed by atoms with van der Waals surface area (Å²) in [5.74, 6) is 0.0863. The molecule has 2 heterocycles. The Balaban J connectivity index is 1.28. The van der Waals surface area contributed by atoms with Crippen LogP contribution in [-0.4, -0.2) is 49.7 Å². The van der Waals surface area contributed by atoms with Crippen molar-refractivity contribution in [2.45, 2.75) is 38.5 Å². The van der Waals surface area contributed by atoms with Gasteiger partial charge in [0.1, 0.15) is 0 Å². The molecular formula is C24H31N3O2. The molecule has 0 bridgehead atoms. The molecule has 4 rings (SSSR count). The van der Waals surface area contributed by atoms with Crippen LogP contribution < -0.4 is 10.2 Å². The van der Waals surface area contributed by atoms with Crippen LogP contribution in [0.4, 0.5) is 5.69 Å². The molecule has 0 saturated carbocycles. The van der Waals surface area contributed by atoms with Crippen LogP contribution in [0.25, 0.3) is 0 Å². The second-order valence-corrected chi connectivity index (χ2v) is 7.98. The summed E-state index contributed by atoms with van der Waals surface area (Å²) >= 11 is 0. The van der Waals surface area contributed by atoms with Crippen LogP contribution in [0.15, 0.2) is 54.6 Å². The van der Waals surface area contributed by atoms with Gasteiger partial charge in [0, 0.05) is 51.6 Å². The molecule has 1 amide bonds. The lowest BCUT2D eigenvalue weighted by Gasteiger charge is -2.36. The predicted octanol–water partition coefficient (Wildman–Crippen LogP) is 3.19. The molecular weight excluding hydrogens is 362 g/mol. The fourth-order valence-corrected chi connectivity index (χ4v) is 4.21. The lowest BCUT2D eigenvalue weighted by Crippen LogP contribution is -2.46. The Morgan fingerprint density at radius 2 is 1.69 bits per heavy atom. The fraction of sp³-hybridized carbons (Fsp3) is 0.458. The number of nitrogens with one attached hydrogen (secondary N) is 1. The fourth-order valence-electron chi connectivity index (χ4n) is 4.21. The van der Waals surface area contributed by atoms with Crippen molar-refractivity contribution >= 4 is 11.6 Å². The summed E-state index contributed by atoms with van der Waals surface area (Å²) in [5.41, 5.74) is 3.82. The van der Waals surface area contributed by atoms with E-state index < -0.39 is 0 Å². The largest absolute Gasteiger partial charge is 0.378 e. The molecule has 0 spiro atoms. The van der Waals surface area contributed by atoms with E-state index in [-0.39, 0.29) is 12.0 Å². The van der Waals surface area contributed by atoms with Crippen molar-refractivity contribution in [2.75, 3.05) is 37.7 Å². The molecule has 0 aromatic heterocycles. The van der Waals surface area contributed by atoms with E-state index >= 15 is 0 Å². The van der Waals surface area contributed by atoms with Gasteiger partial charge in [-0.1, -0.05) is 42.5 Å². The van der Waals surface area contributed by atoms with Gasteiger partial charge in [0.25, 0.3) is 0 Å². The molecule has 1 N–H and O–H groups in total. The molecule has 1 unspecified atom stereocenters. The molecule has 0 radical (unpaired) electrons. The molecule has 1 atom stereocenters. The number of anilines is 1. The van der Waals surface area contributed by atoms with Gasteiger partial charge in [-0.15, -0.1) is 0 Å². The van der Waals surface area contributed by atoms with Gasteiger partial charge in [0.05, 0.1) is 12.5 Å². The molecule has 2 aromatic rings. The number of amides is 1. The van der Waals surface area contributed by atoms with Crippen LogP contribution >= 0.6 is 0 Å². The van der Waals surface area contributed by atoms with Crippen molar-refractivity contribution in [3.05, 3.63) is 65.7 Å². The number of hydrogen-bond acceptors (Lipinski definition) is 4. The summed E-state index contributed by atoms with van der Waals surface area (Å²) in [6, 6.07) is 19.1. The van der Waals surface area contributed by atoms with Crippen molar-refractivity contribution < 1.29 is 9.53 Å². The van der Waals surface area contributed by atoms with Gasteiger partial charge < -0.3 is 15.0 Å². The number of rotatable bonds is 7. The molecule has 2 fully saturated rings. The van der Waals surface area contributed by atoms with Crippen LogP contribution in [0.5, 0.6) is 0 Å². The van der Waals surface area contributed by atoms with E-state index in [2.05, 4.69) is 69.7 Å². The van der Waals surface area contributed by atoms with Crippen LogP contribution in [0.3, 0.4) is 0 Å². The van der Waals surface area contributed by atoms with Crippen molar-refractivity contribution in [1.29, 1.82) is 0 Å². The Morgan fingerprint density at radius 1 is 0.966 bits per heavy atom. The van der Waals surface area contributed by atoms with E-state index in [1.807, 2.05) is 0 Å². The Hall–Kier alpha value is -2.37. The summed E-state index contributed by atoms with van der Waals surface area (Å²) in [4.78, 5) is 17.2. The number of hydrogen-bond donors (Lipinski definition) is 1. The Morgan fingerprint density at radius 3 is 2.41 bits per heavy atom. The first kappa shape index (κ1) is 19.9. The highest BCUT2D eigenvalue weighted by molar-refractivity contribution is 5.76. The molecule has 154 valence electrons. The van der Waals surface area contributed by atoms with E-state index in [1.165, 1.54) is 16.8 Å². The molecule has 2 saturated heterocycles. The highest BCUT2D eigenvalue weighted by atomic mass is 16.5. The first-order valence-corrected chi connectivity index (χ1v) is 10.8. The molecule has 0 aliphatic carbocycles.